The summed E-state index contributed by atoms with van der Waals surface area (Å²) in [7, 11) is 1.53. The Morgan fingerprint density at radius 3 is 2.83 bits per heavy atom. The summed E-state index contributed by atoms with van der Waals surface area (Å²) < 4.78 is 10.8. The number of rotatable bonds is 9. The summed E-state index contributed by atoms with van der Waals surface area (Å²) in [6, 6.07) is 4.07. The van der Waals surface area contributed by atoms with E-state index in [0.29, 0.717) is 34.3 Å². The van der Waals surface area contributed by atoms with Gasteiger partial charge in [0.15, 0.2) is 4.34 Å². The number of thioether (sulfide) groups is 1. The van der Waals surface area contributed by atoms with E-state index in [0.717, 1.165) is 10.1 Å². The highest BCUT2D eigenvalue weighted by Gasteiger charge is 2.23. The standard InChI is InChI=1S/C18H20N4O4S3/c1-10-13(16(24)26-7-6-25-3)11(2)19-14(10)15(23)20-17-21-22-18(29-17)28-9-12-5-4-8-27-12/h4-5,8,19H,6-7,9H2,1-3H3,(H,20,21,23). The Morgan fingerprint density at radius 1 is 1.28 bits per heavy atom. The third kappa shape index (κ3) is 5.44. The number of ether oxygens (including phenoxy) is 2. The van der Waals surface area contributed by atoms with Gasteiger partial charge in [-0.05, 0) is 30.9 Å². The Morgan fingerprint density at radius 2 is 2.10 bits per heavy atom. The molecule has 3 heterocycles. The number of anilines is 1. The smallest absolute Gasteiger partial charge is 0.340 e. The number of aromatic amines is 1. The van der Waals surface area contributed by atoms with Crippen LogP contribution in [0.3, 0.4) is 0 Å². The summed E-state index contributed by atoms with van der Waals surface area (Å²) in [5.74, 6) is -0.0630. The number of hydrogen-bond acceptors (Lipinski definition) is 9. The number of nitrogens with zero attached hydrogens (tertiary/aromatic N) is 2. The van der Waals surface area contributed by atoms with Gasteiger partial charge in [0, 0.05) is 23.4 Å². The Kier molecular flexibility index (Phi) is 7.42. The molecule has 0 aliphatic rings. The lowest BCUT2D eigenvalue weighted by molar-refractivity contribution is 0.0387. The van der Waals surface area contributed by atoms with Crippen molar-refractivity contribution in [2.24, 2.45) is 0 Å². The van der Waals surface area contributed by atoms with Gasteiger partial charge in [0.05, 0.1) is 12.2 Å². The lowest BCUT2D eigenvalue weighted by atomic mass is 10.1. The highest BCUT2D eigenvalue weighted by Crippen LogP contribution is 2.30. The van der Waals surface area contributed by atoms with Crippen molar-refractivity contribution < 1.29 is 19.1 Å². The van der Waals surface area contributed by atoms with Gasteiger partial charge in [-0.1, -0.05) is 29.2 Å². The molecule has 11 heteroatoms. The molecule has 3 aromatic rings. The van der Waals surface area contributed by atoms with Crippen molar-refractivity contribution in [1.29, 1.82) is 0 Å². The molecule has 3 rings (SSSR count). The first kappa shape index (κ1) is 21.5. The highest BCUT2D eigenvalue weighted by molar-refractivity contribution is 8.00. The topological polar surface area (TPSA) is 106 Å². The van der Waals surface area contributed by atoms with Crippen LogP contribution in [-0.4, -0.2) is 47.4 Å². The van der Waals surface area contributed by atoms with Crippen LogP contribution in [0.2, 0.25) is 0 Å². The predicted molar refractivity (Wildman–Crippen MR) is 114 cm³/mol. The van der Waals surface area contributed by atoms with Gasteiger partial charge in [-0.3, -0.25) is 10.1 Å². The third-order valence-corrected chi connectivity index (χ3v) is 7.01. The van der Waals surface area contributed by atoms with Crippen molar-refractivity contribution in [2.75, 3.05) is 25.6 Å². The lowest BCUT2D eigenvalue weighted by Gasteiger charge is -2.05. The summed E-state index contributed by atoms with van der Waals surface area (Å²) in [6.45, 7) is 3.89. The first-order valence-corrected chi connectivity index (χ1v) is 11.3. The normalized spacial score (nSPS) is 10.9. The maximum atomic E-state index is 12.7. The van der Waals surface area contributed by atoms with Gasteiger partial charge in [0.25, 0.3) is 5.91 Å². The fourth-order valence-electron chi connectivity index (χ4n) is 2.58. The van der Waals surface area contributed by atoms with Crippen molar-refractivity contribution in [2.45, 2.75) is 23.9 Å². The number of methoxy groups -OCH3 is 1. The van der Waals surface area contributed by atoms with Crippen LogP contribution in [0.1, 0.15) is 37.0 Å². The molecule has 0 saturated carbocycles. The number of H-pyrrole nitrogens is 1. The van der Waals surface area contributed by atoms with Crippen LogP contribution in [0, 0.1) is 13.8 Å². The van der Waals surface area contributed by atoms with E-state index in [9.17, 15) is 9.59 Å². The minimum absolute atomic E-state index is 0.150. The summed E-state index contributed by atoms with van der Waals surface area (Å²) in [5, 5.41) is 13.3. The van der Waals surface area contributed by atoms with E-state index >= 15 is 0 Å². The maximum Gasteiger partial charge on any atom is 0.340 e. The number of hydrogen-bond donors (Lipinski definition) is 2. The molecule has 8 nitrogen and oxygen atoms in total. The molecule has 3 aromatic heterocycles. The van der Waals surface area contributed by atoms with Gasteiger partial charge < -0.3 is 14.5 Å². The molecule has 0 fully saturated rings. The van der Waals surface area contributed by atoms with Crippen LogP contribution in [0.5, 0.6) is 0 Å². The summed E-state index contributed by atoms with van der Waals surface area (Å²) >= 11 is 4.57. The maximum absolute atomic E-state index is 12.7. The molecule has 0 unspecified atom stereocenters. The molecule has 0 bridgehead atoms. The minimum atomic E-state index is -0.490. The summed E-state index contributed by atoms with van der Waals surface area (Å²) in [6.07, 6.45) is 0. The van der Waals surface area contributed by atoms with Crippen molar-refractivity contribution >= 4 is 51.4 Å². The van der Waals surface area contributed by atoms with Gasteiger partial charge >= 0.3 is 5.97 Å². The molecule has 1 amide bonds. The van der Waals surface area contributed by atoms with E-state index in [4.69, 9.17) is 9.47 Å². The SMILES string of the molecule is COCCOC(=O)c1c(C)[nH]c(C(=O)Nc2nnc(SCc3cccs3)s2)c1C. The average Bonchev–Trinajstić information content (AvgIpc) is 3.41. The van der Waals surface area contributed by atoms with Crippen molar-refractivity contribution in [3.05, 3.63) is 44.9 Å². The quantitative estimate of drug-likeness (QED) is 0.219. The molecule has 0 saturated heterocycles. The number of amides is 1. The summed E-state index contributed by atoms with van der Waals surface area (Å²) in [5.41, 5.74) is 1.75. The molecule has 2 N–H and O–H groups in total. The highest BCUT2D eigenvalue weighted by atomic mass is 32.2. The van der Waals surface area contributed by atoms with Crippen LogP contribution in [0.25, 0.3) is 0 Å². The Balaban J connectivity index is 1.63. The van der Waals surface area contributed by atoms with Crippen LogP contribution in [-0.2, 0) is 15.2 Å². The molecule has 0 spiro atoms. The number of carbonyl (C=O) groups excluding carboxylic acids is 2. The first-order chi connectivity index (χ1) is 14.0. The Hall–Kier alpha value is -2.21. The molecule has 0 radical (unpaired) electrons. The second-order valence-corrected chi connectivity index (χ2v) is 9.18. The van der Waals surface area contributed by atoms with Crippen LogP contribution >= 0.6 is 34.4 Å². The molecule has 0 atom stereocenters. The van der Waals surface area contributed by atoms with Crippen molar-refractivity contribution in [3.63, 3.8) is 0 Å². The lowest BCUT2D eigenvalue weighted by Crippen LogP contribution is -2.14. The number of esters is 1. The third-order valence-electron chi connectivity index (χ3n) is 3.93. The predicted octanol–water partition coefficient (Wildman–Crippen LogP) is 3.89. The van der Waals surface area contributed by atoms with Crippen molar-refractivity contribution in [3.8, 4) is 0 Å². The molecule has 0 aliphatic heterocycles. The van der Waals surface area contributed by atoms with E-state index in [1.165, 1.54) is 23.3 Å². The zero-order chi connectivity index (χ0) is 20.8. The molecule has 0 aliphatic carbocycles. The van der Waals surface area contributed by atoms with E-state index in [1.807, 2.05) is 11.4 Å². The number of nitrogens with one attached hydrogen (secondary N) is 2. The number of aromatic nitrogens is 3. The second kappa shape index (κ2) is 10.0. The van der Waals surface area contributed by atoms with Crippen LogP contribution < -0.4 is 5.32 Å². The zero-order valence-corrected chi connectivity index (χ0v) is 18.6. The van der Waals surface area contributed by atoms with E-state index in [2.05, 4.69) is 26.6 Å². The fourth-order valence-corrected chi connectivity index (χ4v) is 5.10. The molecular weight excluding hydrogens is 432 g/mol. The largest absolute Gasteiger partial charge is 0.460 e. The average molecular weight is 453 g/mol. The zero-order valence-electron chi connectivity index (χ0n) is 16.1. The number of carbonyl (C=O) groups is 2. The van der Waals surface area contributed by atoms with Gasteiger partial charge in [0.1, 0.15) is 12.3 Å². The van der Waals surface area contributed by atoms with Gasteiger partial charge in [-0.2, -0.15) is 0 Å². The minimum Gasteiger partial charge on any atom is -0.460 e. The first-order valence-electron chi connectivity index (χ1n) is 8.64. The Bertz CT molecular complexity index is 982. The van der Waals surface area contributed by atoms with Crippen molar-refractivity contribution in [1.82, 2.24) is 15.2 Å². The number of thiophene rings is 1. The summed E-state index contributed by atoms with van der Waals surface area (Å²) in [4.78, 5) is 29.1. The van der Waals surface area contributed by atoms with Gasteiger partial charge in [-0.15, -0.1) is 21.5 Å². The van der Waals surface area contributed by atoms with Gasteiger partial charge in [-0.25, -0.2) is 4.79 Å². The Labute approximate surface area is 180 Å². The second-order valence-electron chi connectivity index (χ2n) is 5.95. The molecule has 154 valence electrons. The van der Waals surface area contributed by atoms with Crippen LogP contribution in [0.15, 0.2) is 21.9 Å². The van der Waals surface area contributed by atoms with E-state index in [-0.39, 0.29) is 12.5 Å². The van der Waals surface area contributed by atoms with E-state index < -0.39 is 5.97 Å². The van der Waals surface area contributed by atoms with E-state index in [1.54, 1.807) is 36.9 Å². The molecule has 29 heavy (non-hydrogen) atoms. The fraction of sp³-hybridized carbons (Fsp3) is 0.333. The number of aryl methyl sites for hydroxylation is 1. The van der Waals surface area contributed by atoms with Gasteiger partial charge in [0.2, 0.25) is 5.13 Å². The monoisotopic (exact) mass is 452 g/mol. The molecule has 0 aromatic carbocycles. The van der Waals surface area contributed by atoms with Crippen LogP contribution in [0.4, 0.5) is 5.13 Å². The molecular formula is C18H20N4O4S3.